The van der Waals surface area contributed by atoms with Crippen LogP contribution in [0.15, 0.2) is 36.9 Å². The molecule has 0 unspecified atom stereocenters. The zero-order valence-electron chi connectivity index (χ0n) is 14.0. The number of carbonyl (C=O) groups excluding carboxylic acids is 2. The first-order valence-electron chi connectivity index (χ1n) is 7.67. The molecule has 3 rings (SSSR count). The molecular weight excluding hydrogens is 412 g/mol. The van der Waals surface area contributed by atoms with Crippen molar-refractivity contribution in [3.8, 4) is 0 Å². The predicted octanol–water partition coefficient (Wildman–Crippen LogP) is 2.29. The van der Waals surface area contributed by atoms with Gasteiger partial charge in [0.15, 0.2) is 15.9 Å². The SMILES string of the molecule is CCSc1nnc(NC(=O)CSc2nc(CNC(=O)c3ccco3)no2)s1. The van der Waals surface area contributed by atoms with Crippen molar-refractivity contribution in [2.75, 3.05) is 16.8 Å². The van der Waals surface area contributed by atoms with Gasteiger partial charge in [-0.3, -0.25) is 14.9 Å². The first-order chi connectivity index (χ1) is 13.1. The number of nitrogens with zero attached hydrogens (tertiary/aromatic N) is 4. The Labute approximate surface area is 165 Å². The third-order valence-electron chi connectivity index (χ3n) is 2.85. The molecule has 0 fully saturated rings. The monoisotopic (exact) mass is 426 g/mol. The van der Waals surface area contributed by atoms with Crippen molar-refractivity contribution in [1.29, 1.82) is 0 Å². The number of amides is 2. The Morgan fingerprint density at radius 2 is 2.19 bits per heavy atom. The number of aromatic nitrogens is 4. The molecule has 0 radical (unpaired) electrons. The maximum Gasteiger partial charge on any atom is 0.287 e. The molecule has 3 aromatic rings. The van der Waals surface area contributed by atoms with Crippen molar-refractivity contribution in [2.45, 2.75) is 23.0 Å². The summed E-state index contributed by atoms with van der Waals surface area (Å²) in [6.45, 7) is 2.10. The van der Waals surface area contributed by atoms with Gasteiger partial charge in [-0.25, -0.2) is 0 Å². The standard InChI is InChI=1S/C14H14N6O4S3/c1-2-25-14-19-18-12(27-14)17-10(21)7-26-13-16-9(20-24-13)6-15-11(22)8-4-3-5-23-8/h3-5H,2,6-7H2,1H3,(H,15,22)(H,17,18,21). The first-order valence-corrected chi connectivity index (χ1v) is 10.5. The van der Waals surface area contributed by atoms with E-state index in [4.69, 9.17) is 8.94 Å². The highest BCUT2D eigenvalue weighted by molar-refractivity contribution is 8.01. The van der Waals surface area contributed by atoms with Crippen LogP contribution in [-0.2, 0) is 11.3 Å². The number of hydrogen-bond donors (Lipinski definition) is 2. The van der Waals surface area contributed by atoms with E-state index in [1.54, 1.807) is 23.9 Å². The summed E-state index contributed by atoms with van der Waals surface area (Å²) in [6.07, 6.45) is 1.41. The molecule has 27 heavy (non-hydrogen) atoms. The van der Waals surface area contributed by atoms with E-state index in [1.807, 2.05) is 6.92 Å². The third-order valence-corrected chi connectivity index (χ3v) is 5.52. The minimum absolute atomic E-state index is 0.0796. The van der Waals surface area contributed by atoms with Gasteiger partial charge in [0.2, 0.25) is 11.0 Å². The van der Waals surface area contributed by atoms with Crippen LogP contribution >= 0.6 is 34.9 Å². The Balaban J connectivity index is 1.42. The van der Waals surface area contributed by atoms with E-state index >= 15 is 0 Å². The van der Waals surface area contributed by atoms with Crippen LogP contribution in [0.2, 0.25) is 0 Å². The van der Waals surface area contributed by atoms with Gasteiger partial charge >= 0.3 is 0 Å². The highest BCUT2D eigenvalue weighted by atomic mass is 32.2. The van der Waals surface area contributed by atoms with Crippen molar-refractivity contribution < 1.29 is 18.5 Å². The number of furan rings is 1. The lowest BCUT2D eigenvalue weighted by molar-refractivity contribution is -0.113. The first kappa shape index (κ1) is 19.4. The smallest absolute Gasteiger partial charge is 0.287 e. The van der Waals surface area contributed by atoms with Crippen LogP contribution in [0.25, 0.3) is 0 Å². The van der Waals surface area contributed by atoms with Crippen LogP contribution in [0.1, 0.15) is 23.3 Å². The summed E-state index contributed by atoms with van der Waals surface area (Å²) in [7, 11) is 0. The zero-order chi connectivity index (χ0) is 19.1. The van der Waals surface area contributed by atoms with Crippen LogP contribution in [0.4, 0.5) is 5.13 Å². The molecule has 0 spiro atoms. The van der Waals surface area contributed by atoms with Gasteiger partial charge in [-0.1, -0.05) is 46.9 Å². The molecular formula is C14H14N6O4S3. The number of nitrogens with one attached hydrogen (secondary N) is 2. The molecule has 0 aliphatic heterocycles. The molecule has 0 aromatic carbocycles. The van der Waals surface area contributed by atoms with Crippen LogP contribution in [0.5, 0.6) is 0 Å². The third kappa shape index (κ3) is 5.80. The van der Waals surface area contributed by atoms with Crippen LogP contribution < -0.4 is 10.6 Å². The van der Waals surface area contributed by atoms with Gasteiger partial charge in [-0.2, -0.15) is 4.98 Å². The molecule has 0 aliphatic carbocycles. The molecule has 0 aliphatic rings. The number of carbonyl (C=O) groups is 2. The summed E-state index contributed by atoms with van der Waals surface area (Å²) < 4.78 is 10.8. The van der Waals surface area contributed by atoms with E-state index < -0.39 is 0 Å². The van der Waals surface area contributed by atoms with Crippen LogP contribution in [-0.4, -0.2) is 43.7 Å². The number of anilines is 1. The summed E-state index contributed by atoms with van der Waals surface area (Å²) in [4.78, 5) is 27.8. The molecule has 0 bridgehead atoms. The fraction of sp³-hybridized carbons (Fsp3) is 0.286. The van der Waals surface area contributed by atoms with Gasteiger partial charge in [-0.15, -0.1) is 10.2 Å². The number of thioether (sulfide) groups is 2. The molecule has 142 valence electrons. The predicted molar refractivity (Wildman–Crippen MR) is 99.8 cm³/mol. The second-order valence-electron chi connectivity index (χ2n) is 4.78. The van der Waals surface area contributed by atoms with Gasteiger partial charge in [-0.05, 0) is 17.9 Å². The summed E-state index contributed by atoms with van der Waals surface area (Å²) in [5.41, 5.74) is 0. The Hall–Kier alpha value is -2.38. The van der Waals surface area contributed by atoms with Crippen LogP contribution in [0, 0.1) is 0 Å². The quantitative estimate of drug-likeness (QED) is 0.387. The lowest BCUT2D eigenvalue weighted by Crippen LogP contribution is -2.22. The largest absolute Gasteiger partial charge is 0.459 e. The van der Waals surface area contributed by atoms with Gasteiger partial charge in [0.1, 0.15) is 0 Å². The lowest BCUT2D eigenvalue weighted by Gasteiger charge is -1.98. The average Bonchev–Trinajstić information content (AvgIpc) is 3.40. The second kappa shape index (κ2) is 9.53. The molecule has 2 N–H and O–H groups in total. The summed E-state index contributed by atoms with van der Waals surface area (Å²) in [6, 6.07) is 3.17. The van der Waals surface area contributed by atoms with Gasteiger partial charge in [0, 0.05) is 0 Å². The summed E-state index contributed by atoms with van der Waals surface area (Å²) in [5.74, 6) is 0.826. The highest BCUT2D eigenvalue weighted by Gasteiger charge is 2.14. The Morgan fingerprint density at radius 3 is 2.96 bits per heavy atom. The van der Waals surface area contributed by atoms with Crippen molar-refractivity contribution in [1.82, 2.24) is 25.7 Å². The van der Waals surface area contributed by atoms with Gasteiger partial charge < -0.3 is 14.3 Å². The minimum atomic E-state index is -0.379. The highest BCUT2D eigenvalue weighted by Crippen LogP contribution is 2.25. The summed E-state index contributed by atoms with van der Waals surface area (Å²) in [5, 5.41) is 17.6. The maximum atomic E-state index is 11.9. The fourth-order valence-electron chi connectivity index (χ4n) is 1.75. The normalized spacial score (nSPS) is 10.7. The molecule has 0 saturated carbocycles. The average molecular weight is 427 g/mol. The van der Waals surface area contributed by atoms with Crippen molar-refractivity contribution in [2.24, 2.45) is 0 Å². The van der Waals surface area contributed by atoms with E-state index in [2.05, 4.69) is 31.0 Å². The lowest BCUT2D eigenvalue weighted by atomic mass is 10.4. The fourth-order valence-corrected chi connectivity index (χ4v) is 4.00. The number of rotatable bonds is 9. The molecule has 13 heteroatoms. The Kier molecular flexibility index (Phi) is 6.84. The van der Waals surface area contributed by atoms with Gasteiger partial charge in [0.05, 0.1) is 18.6 Å². The van der Waals surface area contributed by atoms with E-state index in [0.29, 0.717) is 11.0 Å². The molecule has 3 heterocycles. The molecule has 0 saturated heterocycles. The van der Waals surface area contributed by atoms with E-state index in [9.17, 15) is 9.59 Å². The zero-order valence-corrected chi connectivity index (χ0v) is 16.4. The number of hydrogen-bond acceptors (Lipinski definition) is 11. The second-order valence-corrected chi connectivity index (χ2v) is 8.19. The van der Waals surface area contributed by atoms with Crippen molar-refractivity contribution in [3.05, 3.63) is 30.0 Å². The van der Waals surface area contributed by atoms with Gasteiger partial charge in [0.25, 0.3) is 11.1 Å². The molecule has 3 aromatic heterocycles. The van der Waals surface area contributed by atoms with Crippen molar-refractivity contribution in [3.63, 3.8) is 0 Å². The Bertz CT molecular complexity index is 894. The van der Waals surface area contributed by atoms with E-state index in [0.717, 1.165) is 21.9 Å². The van der Waals surface area contributed by atoms with Crippen LogP contribution in [0.3, 0.4) is 0 Å². The molecule has 0 atom stereocenters. The topological polar surface area (TPSA) is 136 Å². The Morgan fingerprint density at radius 1 is 1.30 bits per heavy atom. The minimum Gasteiger partial charge on any atom is -0.459 e. The van der Waals surface area contributed by atoms with E-state index in [-0.39, 0.29) is 35.1 Å². The molecule has 10 nitrogen and oxygen atoms in total. The summed E-state index contributed by atoms with van der Waals surface area (Å²) >= 11 is 3.97. The molecule has 2 amide bonds. The maximum absolute atomic E-state index is 11.9. The van der Waals surface area contributed by atoms with Crippen molar-refractivity contribution >= 4 is 51.8 Å². The van der Waals surface area contributed by atoms with E-state index in [1.165, 1.54) is 17.6 Å².